The highest BCUT2D eigenvalue weighted by molar-refractivity contribution is 6.83. The van der Waals surface area contributed by atoms with Gasteiger partial charge in [-0.15, -0.1) is 5.54 Å². The Morgan fingerprint density at radius 3 is 2.17 bits per heavy atom. The van der Waals surface area contributed by atoms with Crippen molar-refractivity contribution < 1.29 is 13.2 Å². The van der Waals surface area contributed by atoms with Crippen LogP contribution < -0.4 is 11.2 Å². The number of hydrogen-bond donors (Lipinski definition) is 1. The van der Waals surface area contributed by atoms with Gasteiger partial charge < -0.3 is 5.73 Å². The Morgan fingerprint density at radius 2 is 1.78 bits per heavy atom. The molecule has 0 saturated carbocycles. The van der Waals surface area contributed by atoms with Crippen LogP contribution in [0.25, 0.3) is 0 Å². The monoisotopic (exact) mass is 269 g/mol. The molecule has 0 spiro atoms. The standard InChI is InChI=1S/C12H15BF3NSi/c1-18(2,3)5-4-9-10(13)6-8(7-11(9)17)12(14,15)16/h6-7H,13,17H2,1-3H3. The highest BCUT2D eigenvalue weighted by Gasteiger charge is 2.31. The molecule has 0 aliphatic carbocycles. The van der Waals surface area contributed by atoms with Crippen LogP contribution in [-0.4, -0.2) is 15.9 Å². The van der Waals surface area contributed by atoms with Crippen molar-refractivity contribution >= 4 is 27.1 Å². The number of halogens is 3. The quantitative estimate of drug-likeness (QED) is 0.433. The minimum Gasteiger partial charge on any atom is -0.398 e. The van der Waals surface area contributed by atoms with Gasteiger partial charge in [-0.05, 0) is 6.07 Å². The summed E-state index contributed by atoms with van der Waals surface area (Å²) in [5, 5.41) is 0. The van der Waals surface area contributed by atoms with Crippen molar-refractivity contribution in [2.75, 3.05) is 5.73 Å². The number of alkyl halides is 3. The van der Waals surface area contributed by atoms with Gasteiger partial charge in [0.2, 0.25) is 0 Å². The molecule has 0 saturated heterocycles. The molecule has 18 heavy (non-hydrogen) atoms. The van der Waals surface area contributed by atoms with Crippen LogP contribution in [0.3, 0.4) is 0 Å². The summed E-state index contributed by atoms with van der Waals surface area (Å²) in [7, 11) is 0.0221. The molecule has 0 fully saturated rings. The summed E-state index contributed by atoms with van der Waals surface area (Å²) in [6, 6.07) is 2.03. The third kappa shape index (κ3) is 3.84. The average Bonchev–Trinajstić information content (AvgIpc) is 2.12. The maximum atomic E-state index is 12.6. The molecule has 0 bridgehead atoms. The zero-order valence-corrected chi connectivity index (χ0v) is 11.9. The molecule has 96 valence electrons. The SMILES string of the molecule is Bc1cc(C(F)(F)F)cc(N)c1C#C[Si](C)(C)C. The lowest BCUT2D eigenvalue weighted by atomic mass is 9.88. The smallest absolute Gasteiger partial charge is 0.398 e. The van der Waals surface area contributed by atoms with Gasteiger partial charge >= 0.3 is 6.18 Å². The van der Waals surface area contributed by atoms with Crippen molar-refractivity contribution in [3.05, 3.63) is 23.3 Å². The summed E-state index contributed by atoms with van der Waals surface area (Å²) >= 11 is 0. The highest BCUT2D eigenvalue weighted by atomic mass is 28.3. The number of nitrogens with two attached hydrogens (primary N) is 1. The van der Waals surface area contributed by atoms with Crippen molar-refractivity contribution in [3.8, 4) is 11.5 Å². The Morgan fingerprint density at radius 1 is 1.22 bits per heavy atom. The van der Waals surface area contributed by atoms with Crippen LogP contribution in [0.4, 0.5) is 18.9 Å². The van der Waals surface area contributed by atoms with Gasteiger partial charge in [-0.25, -0.2) is 0 Å². The number of nitrogen functional groups attached to an aromatic ring is 1. The van der Waals surface area contributed by atoms with E-state index in [2.05, 4.69) is 31.1 Å². The first kappa shape index (κ1) is 14.7. The fraction of sp³-hybridized carbons (Fsp3) is 0.333. The van der Waals surface area contributed by atoms with E-state index in [1.165, 1.54) is 0 Å². The first-order valence-electron chi connectivity index (χ1n) is 5.51. The van der Waals surface area contributed by atoms with Crippen LogP contribution in [0.15, 0.2) is 12.1 Å². The molecule has 1 aromatic rings. The molecule has 0 aliphatic heterocycles. The summed E-state index contributed by atoms with van der Waals surface area (Å²) in [4.78, 5) is 0. The first-order chi connectivity index (χ1) is 8.00. The van der Waals surface area contributed by atoms with Crippen molar-refractivity contribution in [1.29, 1.82) is 0 Å². The maximum absolute atomic E-state index is 12.6. The zero-order chi connectivity index (χ0) is 14.1. The Kier molecular flexibility index (Phi) is 3.87. The van der Waals surface area contributed by atoms with Crippen molar-refractivity contribution in [1.82, 2.24) is 0 Å². The van der Waals surface area contributed by atoms with Gasteiger partial charge in [0.05, 0.1) is 5.56 Å². The van der Waals surface area contributed by atoms with E-state index < -0.39 is 19.8 Å². The van der Waals surface area contributed by atoms with Gasteiger partial charge in [-0.1, -0.05) is 37.1 Å². The Balaban J connectivity index is 3.29. The van der Waals surface area contributed by atoms with Crippen molar-refractivity contribution in [3.63, 3.8) is 0 Å². The molecule has 0 amide bonds. The molecular weight excluding hydrogens is 254 g/mol. The van der Waals surface area contributed by atoms with Crippen LogP contribution in [0.2, 0.25) is 19.6 Å². The average molecular weight is 269 g/mol. The number of rotatable bonds is 0. The van der Waals surface area contributed by atoms with E-state index in [1.54, 1.807) is 7.85 Å². The number of hydrogen-bond acceptors (Lipinski definition) is 1. The lowest BCUT2D eigenvalue weighted by molar-refractivity contribution is -0.137. The van der Waals surface area contributed by atoms with Crippen LogP contribution >= 0.6 is 0 Å². The molecule has 1 nitrogen and oxygen atoms in total. The number of benzene rings is 1. The lowest BCUT2D eigenvalue weighted by Crippen LogP contribution is -2.19. The lowest BCUT2D eigenvalue weighted by Gasteiger charge is -2.11. The second-order valence-corrected chi connectivity index (χ2v) is 10.0. The van der Waals surface area contributed by atoms with E-state index in [1.807, 2.05) is 0 Å². The predicted octanol–water partition coefficient (Wildman–Crippen LogP) is 1.77. The summed E-state index contributed by atoms with van der Waals surface area (Å²) in [6.07, 6.45) is -4.37. The van der Waals surface area contributed by atoms with E-state index in [9.17, 15) is 13.2 Å². The summed E-state index contributed by atoms with van der Waals surface area (Å²) in [5.74, 6) is 2.92. The molecule has 0 unspecified atom stereocenters. The minimum absolute atomic E-state index is 0.0908. The normalized spacial score (nSPS) is 11.9. The van der Waals surface area contributed by atoms with E-state index in [0.29, 0.717) is 11.0 Å². The topological polar surface area (TPSA) is 26.0 Å². The summed E-state index contributed by atoms with van der Waals surface area (Å²) in [5.41, 5.74) is 9.10. The molecule has 0 atom stereocenters. The third-order valence-electron chi connectivity index (χ3n) is 2.26. The van der Waals surface area contributed by atoms with Crippen molar-refractivity contribution in [2.24, 2.45) is 0 Å². The molecule has 0 heterocycles. The summed E-state index contributed by atoms with van der Waals surface area (Å²) in [6.45, 7) is 6.20. The molecule has 1 aromatic carbocycles. The Labute approximate surface area is 107 Å². The molecule has 0 aromatic heterocycles. The molecule has 0 radical (unpaired) electrons. The highest BCUT2D eigenvalue weighted by Crippen LogP contribution is 2.30. The van der Waals surface area contributed by atoms with Gasteiger partial charge in [0.25, 0.3) is 0 Å². The van der Waals surface area contributed by atoms with E-state index >= 15 is 0 Å². The van der Waals surface area contributed by atoms with Gasteiger partial charge in [-0.3, -0.25) is 0 Å². The van der Waals surface area contributed by atoms with Crippen LogP contribution in [0, 0.1) is 11.5 Å². The van der Waals surface area contributed by atoms with Crippen LogP contribution in [0.1, 0.15) is 11.1 Å². The van der Waals surface area contributed by atoms with E-state index in [-0.39, 0.29) is 5.69 Å². The van der Waals surface area contributed by atoms with E-state index in [0.717, 1.165) is 12.1 Å². The minimum atomic E-state index is -4.37. The molecule has 6 heteroatoms. The molecule has 2 N–H and O–H groups in total. The van der Waals surface area contributed by atoms with Gasteiger partial charge in [0, 0.05) is 11.3 Å². The fourth-order valence-electron chi connectivity index (χ4n) is 1.40. The molecule has 1 rings (SSSR count). The summed E-state index contributed by atoms with van der Waals surface area (Å²) < 4.78 is 37.7. The Bertz CT molecular complexity index is 498. The van der Waals surface area contributed by atoms with E-state index in [4.69, 9.17) is 5.73 Å². The van der Waals surface area contributed by atoms with Crippen LogP contribution in [-0.2, 0) is 6.18 Å². The Hall–Kier alpha value is -1.35. The zero-order valence-electron chi connectivity index (χ0n) is 10.9. The van der Waals surface area contributed by atoms with Crippen LogP contribution in [0.5, 0.6) is 0 Å². The second kappa shape index (κ2) is 4.73. The largest absolute Gasteiger partial charge is 0.416 e. The van der Waals surface area contributed by atoms with Gasteiger partial charge in [0.1, 0.15) is 15.9 Å². The molecule has 0 aliphatic rings. The maximum Gasteiger partial charge on any atom is 0.416 e. The van der Waals surface area contributed by atoms with Crippen molar-refractivity contribution in [2.45, 2.75) is 25.8 Å². The fourth-order valence-corrected chi connectivity index (χ4v) is 1.90. The second-order valence-electron chi connectivity index (χ2n) is 5.26. The van der Waals surface area contributed by atoms with Gasteiger partial charge in [0.15, 0.2) is 0 Å². The number of anilines is 1. The third-order valence-corrected chi connectivity index (χ3v) is 3.13. The predicted molar refractivity (Wildman–Crippen MR) is 74.3 cm³/mol. The van der Waals surface area contributed by atoms with Gasteiger partial charge in [-0.2, -0.15) is 13.2 Å². The first-order valence-corrected chi connectivity index (χ1v) is 9.01. The molecular formula is C12H15BF3NSi.